The number of fused-ring (bicyclic) bond motifs is 2. The van der Waals surface area contributed by atoms with Crippen molar-refractivity contribution < 1.29 is 38.2 Å². The highest BCUT2D eigenvalue weighted by Gasteiger charge is 2.44. The van der Waals surface area contributed by atoms with E-state index in [9.17, 15) is 28.8 Å². The average Bonchev–Trinajstić information content (AvgIpc) is 3.70. The van der Waals surface area contributed by atoms with Gasteiger partial charge in [0.2, 0.25) is 11.8 Å². The number of nitrogens with two attached hydrogens (primary N) is 1. The molecule has 6 N–H and O–H groups in total. The summed E-state index contributed by atoms with van der Waals surface area (Å²) in [7, 11) is 1.63. The molecule has 0 aromatic heterocycles. The van der Waals surface area contributed by atoms with Gasteiger partial charge in [-0.3, -0.25) is 24.6 Å². The first-order valence-electron chi connectivity index (χ1n) is 17.2. The number of anilines is 1. The molecule has 2 aliphatic heterocycles. The van der Waals surface area contributed by atoms with Crippen LogP contribution >= 0.6 is 0 Å². The Labute approximate surface area is 296 Å². The third-order valence-corrected chi connectivity index (χ3v) is 9.81. The Morgan fingerprint density at radius 3 is 2.57 bits per heavy atom. The molecule has 0 spiro atoms. The molecule has 3 aliphatic rings. The van der Waals surface area contributed by atoms with Crippen LogP contribution in [0.15, 0.2) is 48.5 Å². The van der Waals surface area contributed by atoms with Crippen LogP contribution in [0.3, 0.4) is 0 Å². The van der Waals surface area contributed by atoms with Crippen LogP contribution in [0.1, 0.15) is 79.0 Å². The fourth-order valence-electron chi connectivity index (χ4n) is 7.25. The first kappa shape index (κ1) is 36.8. The molecule has 5 atom stereocenters. The van der Waals surface area contributed by atoms with Crippen LogP contribution in [0.4, 0.5) is 10.5 Å². The molecule has 5 rings (SSSR count). The Kier molecular flexibility index (Phi) is 12.2. The van der Waals surface area contributed by atoms with E-state index in [1.807, 2.05) is 30.3 Å². The fourth-order valence-corrected chi connectivity index (χ4v) is 7.25. The van der Waals surface area contributed by atoms with E-state index in [1.54, 1.807) is 19.2 Å². The molecule has 271 valence electrons. The molecule has 15 heteroatoms. The lowest BCUT2D eigenvalue weighted by Crippen LogP contribution is -2.55. The lowest BCUT2D eigenvalue weighted by molar-refractivity contribution is -0.145. The number of hydrogen-bond donors (Lipinski definition) is 5. The van der Waals surface area contributed by atoms with Crippen molar-refractivity contribution in [2.24, 2.45) is 11.7 Å². The number of Topliss-reactive ketones (excluding diaryl/α,β-unsaturated/α-hetero) is 1. The second-order valence-electron chi connectivity index (χ2n) is 13.0. The quantitative estimate of drug-likeness (QED) is 0.104. The van der Waals surface area contributed by atoms with E-state index in [2.05, 4.69) is 16.0 Å². The maximum absolute atomic E-state index is 14.2. The molecule has 1 aliphatic carbocycles. The van der Waals surface area contributed by atoms with Crippen LogP contribution < -0.4 is 21.7 Å². The zero-order valence-electron chi connectivity index (χ0n) is 28.5. The molecular formula is C36H44N7O8. The minimum atomic E-state index is -1.54. The van der Waals surface area contributed by atoms with E-state index in [4.69, 9.17) is 20.6 Å². The highest BCUT2D eigenvalue weighted by molar-refractivity contribution is 6.13. The standard InChI is InChI=1S/C36H44N7O8/c1-42(36(49)50-20-22-10-3-2-4-11-22)27-16-6-5-12-23(27)34(48)43-19-9-17-28(43)33(47)41-26(15-8-18-39-35(37)38)30(45)31(51-21-44)29-24-13-7-14-25(29)40-32(24)46/h2-4,7,10-11,13-14,23,26-28,31H,5-6,8-9,12,15-20H2,1H3,(H,40,46)(H,41,47)(H4,37,38,39)/t23?,26-,27?,28-,31?/m0/s1. The van der Waals surface area contributed by atoms with Gasteiger partial charge in [0.25, 0.3) is 5.91 Å². The van der Waals surface area contributed by atoms with Crippen molar-refractivity contribution >= 4 is 47.7 Å². The van der Waals surface area contributed by atoms with Crippen molar-refractivity contribution in [2.75, 3.05) is 25.5 Å². The molecule has 2 aromatic rings. The van der Waals surface area contributed by atoms with Crippen molar-refractivity contribution in [3.8, 4) is 0 Å². The van der Waals surface area contributed by atoms with Crippen molar-refractivity contribution in [3.63, 3.8) is 0 Å². The topological polar surface area (TPSA) is 213 Å². The summed E-state index contributed by atoms with van der Waals surface area (Å²) in [4.78, 5) is 82.3. The van der Waals surface area contributed by atoms with Crippen molar-refractivity contribution in [1.29, 1.82) is 5.41 Å². The van der Waals surface area contributed by atoms with Gasteiger partial charge in [-0.05, 0) is 56.2 Å². The average molecular weight is 703 g/mol. The molecule has 15 nitrogen and oxygen atoms in total. The first-order chi connectivity index (χ1) is 24.6. The van der Waals surface area contributed by atoms with E-state index in [0.29, 0.717) is 44.3 Å². The molecule has 2 heterocycles. The summed E-state index contributed by atoms with van der Waals surface area (Å²) in [6.45, 7) is 1.97. The molecule has 4 amide bonds. The molecule has 1 radical (unpaired) electrons. The van der Waals surface area contributed by atoms with Crippen molar-refractivity contribution in [1.82, 2.24) is 20.4 Å². The summed E-state index contributed by atoms with van der Waals surface area (Å²) < 4.78 is 10.7. The van der Waals surface area contributed by atoms with Gasteiger partial charge in [-0.2, -0.15) is 0 Å². The number of ketones is 1. The SMILES string of the molecule is CN(C(=O)OCc1ccccc1)C1CCCCC1C(=O)N1CCC[C@H]1C(=O)N[C@@H](CCCNC(=N)N)C(=O)C(O[C]=O)c1c2cccc1C(=O)N2. The summed E-state index contributed by atoms with van der Waals surface area (Å²) in [5.74, 6) is -2.73. The highest BCUT2D eigenvalue weighted by Crippen LogP contribution is 2.36. The molecule has 3 unspecified atom stereocenters. The van der Waals surface area contributed by atoms with Gasteiger partial charge < -0.3 is 41.0 Å². The lowest BCUT2D eigenvalue weighted by Gasteiger charge is -2.39. The first-order valence-corrected chi connectivity index (χ1v) is 17.2. The summed E-state index contributed by atoms with van der Waals surface area (Å²) >= 11 is 0. The summed E-state index contributed by atoms with van der Waals surface area (Å²) in [5, 5.41) is 15.5. The number of nitrogens with one attached hydrogen (secondary N) is 4. The van der Waals surface area contributed by atoms with Crippen molar-refractivity contribution in [3.05, 3.63) is 65.2 Å². The molecule has 2 fully saturated rings. The number of nitrogens with zero attached hydrogens (tertiary/aromatic N) is 2. The van der Waals surface area contributed by atoms with E-state index < -0.39 is 53.8 Å². The molecule has 2 bridgehead atoms. The van der Waals surface area contributed by atoms with Gasteiger partial charge in [-0.25, -0.2) is 9.59 Å². The van der Waals surface area contributed by atoms with E-state index in [-0.39, 0.29) is 42.6 Å². The van der Waals surface area contributed by atoms with Gasteiger partial charge >= 0.3 is 12.6 Å². The van der Waals surface area contributed by atoms with Crippen LogP contribution in [0.25, 0.3) is 0 Å². The maximum Gasteiger partial charge on any atom is 0.418 e. The second-order valence-corrected chi connectivity index (χ2v) is 13.0. The number of carbonyl (C=O) groups is 5. The van der Waals surface area contributed by atoms with Gasteiger partial charge in [-0.1, -0.05) is 49.2 Å². The van der Waals surface area contributed by atoms with E-state index in [0.717, 1.165) is 18.4 Å². The number of guanidine groups is 1. The highest BCUT2D eigenvalue weighted by atomic mass is 16.6. The number of hydrogen-bond acceptors (Lipinski definition) is 9. The van der Waals surface area contributed by atoms with Crippen LogP contribution in [0, 0.1) is 11.3 Å². The largest absolute Gasteiger partial charge is 0.445 e. The number of likely N-dealkylation sites (tertiary alicyclic amines) is 1. The smallest absolute Gasteiger partial charge is 0.418 e. The predicted molar refractivity (Wildman–Crippen MR) is 185 cm³/mol. The Morgan fingerprint density at radius 2 is 1.84 bits per heavy atom. The maximum atomic E-state index is 14.2. The van der Waals surface area contributed by atoms with Gasteiger partial charge in [-0.15, -0.1) is 0 Å². The van der Waals surface area contributed by atoms with Gasteiger partial charge in [0.1, 0.15) is 12.6 Å². The van der Waals surface area contributed by atoms with Crippen LogP contribution in [0.5, 0.6) is 0 Å². The summed E-state index contributed by atoms with van der Waals surface area (Å²) in [5.41, 5.74) is 6.89. The molecule has 1 saturated carbocycles. The second kappa shape index (κ2) is 17.0. The predicted octanol–water partition coefficient (Wildman–Crippen LogP) is 2.51. The number of carbonyl (C=O) groups excluding carboxylic acids is 6. The minimum Gasteiger partial charge on any atom is -0.445 e. The normalized spacial score (nSPS) is 20.4. The third-order valence-electron chi connectivity index (χ3n) is 9.81. The molecule has 2 aromatic carbocycles. The minimum absolute atomic E-state index is 0.0731. The van der Waals surface area contributed by atoms with Crippen molar-refractivity contribution in [2.45, 2.75) is 82.2 Å². The zero-order chi connectivity index (χ0) is 36.5. The monoisotopic (exact) mass is 702 g/mol. The number of ether oxygens (including phenoxy) is 2. The van der Waals surface area contributed by atoms with Gasteiger partial charge in [0, 0.05) is 43.0 Å². The van der Waals surface area contributed by atoms with E-state index in [1.165, 1.54) is 22.3 Å². The Hall–Kier alpha value is -5.47. The third kappa shape index (κ3) is 8.64. The summed E-state index contributed by atoms with van der Waals surface area (Å²) in [6, 6.07) is 11.5. The number of amides is 4. The Balaban J connectivity index is 1.30. The number of benzene rings is 2. The van der Waals surface area contributed by atoms with Crippen LogP contribution in [0.2, 0.25) is 0 Å². The Morgan fingerprint density at radius 1 is 1.08 bits per heavy atom. The van der Waals surface area contributed by atoms with Crippen LogP contribution in [-0.4, -0.2) is 90.1 Å². The molecular weight excluding hydrogens is 658 g/mol. The summed E-state index contributed by atoms with van der Waals surface area (Å²) in [6.07, 6.45) is 2.01. The number of rotatable bonds is 15. The molecule has 1 saturated heterocycles. The van der Waals surface area contributed by atoms with Crippen LogP contribution in [-0.2, 0) is 35.3 Å². The molecule has 51 heavy (non-hydrogen) atoms. The van der Waals surface area contributed by atoms with Gasteiger partial charge in [0.15, 0.2) is 17.8 Å². The lowest BCUT2D eigenvalue weighted by atomic mass is 9.82. The van der Waals surface area contributed by atoms with Gasteiger partial charge in [0.05, 0.1) is 12.0 Å². The van der Waals surface area contributed by atoms with E-state index >= 15 is 0 Å². The fraction of sp³-hybridized carbons (Fsp3) is 0.472. The Bertz CT molecular complexity index is 1640. The zero-order valence-corrected chi connectivity index (χ0v) is 28.5.